The number of rotatable bonds is 9. The number of aryl methyl sites for hydroxylation is 1. The van der Waals surface area contributed by atoms with Crippen molar-refractivity contribution in [2.75, 3.05) is 5.32 Å². The van der Waals surface area contributed by atoms with Crippen LogP contribution in [0.4, 0.5) is 5.13 Å². The number of unbranched alkanes of at least 4 members (excludes halogenated alkanes) is 3. The third-order valence-corrected chi connectivity index (χ3v) is 4.54. The van der Waals surface area contributed by atoms with Crippen LogP contribution in [0.5, 0.6) is 0 Å². The van der Waals surface area contributed by atoms with Crippen LogP contribution in [0.1, 0.15) is 44.1 Å². The number of anilines is 1. The Morgan fingerprint density at radius 2 is 1.64 bits per heavy atom. The Balaban J connectivity index is 1.69. The normalized spacial score (nSPS) is 10.5. The fourth-order valence-corrected chi connectivity index (χ4v) is 3.01. The van der Waals surface area contributed by atoms with Crippen molar-refractivity contribution < 1.29 is 14.8 Å². The summed E-state index contributed by atoms with van der Waals surface area (Å²) in [5, 5.41) is 20.5. The average molecular weight is 362 g/mol. The number of nitrogens with one attached hydrogen (secondary N) is 2. The van der Waals surface area contributed by atoms with E-state index in [9.17, 15) is 9.59 Å². The molecule has 0 saturated carbocycles. The molecule has 0 aliphatic rings. The minimum Gasteiger partial charge on any atom is -0.301 e. The molecule has 0 unspecified atom stereocenters. The van der Waals surface area contributed by atoms with Gasteiger partial charge >= 0.3 is 0 Å². The number of hydrogen-bond donors (Lipinski definition) is 3. The molecule has 1 aromatic heterocycles. The van der Waals surface area contributed by atoms with Crippen molar-refractivity contribution in [1.29, 1.82) is 0 Å². The molecule has 2 aromatic rings. The smallest absolute Gasteiger partial charge is 0.243 e. The van der Waals surface area contributed by atoms with E-state index in [2.05, 4.69) is 15.5 Å². The lowest BCUT2D eigenvalue weighted by atomic mass is 10.1. The van der Waals surface area contributed by atoms with Crippen molar-refractivity contribution in [3.8, 4) is 10.6 Å². The zero-order valence-corrected chi connectivity index (χ0v) is 14.9. The van der Waals surface area contributed by atoms with Crippen LogP contribution in [0, 0.1) is 6.92 Å². The Morgan fingerprint density at radius 1 is 1.00 bits per heavy atom. The van der Waals surface area contributed by atoms with Gasteiger partial charge in [0.25, 0.3) is 0 Å². The summed E-state index contributed by atoms with van der Waals surface area (Å²) < 4.78 is 0. The molecule has 1 heterocycles. The van der Waals surface area contributed by atoms with E-state index in [1.807, 2.05) is 31.2 Å². The molecule has 0 saturated heterocycles. The topological polar surface area (TPSA) is 104 Å². The summed E-state index contributed by atoms with van der Waals surface area (Å²) >= 11 is 1.35. The first-order chi connectivity index (χ1) is 12.1. The van der Waals surface area contributed by atoms with Gasteiger partial charge in [-0.15, -0.1) is 10.2 Å². The van der Waals surface area contributed by atoms with Gasteiger partial charge in [-0.05, 0) is 19.8 Å². The van der Waals surface area contributed by atoms with Crippen molar-refractivity contribution in [2.45, 2.75) is 45.4 Å². The molecule has 0 bridgehead atoms. The Kier molecular flexibility index (Phi) is 7.49. The number of nitrogens with zero attached hydrogens (tertiary/aromatic N) is 2. The number of amides is 2. The van der Waals surface area contributed by atoms with Crippen molar-refractivity contribution in [3.63, 3.8) is 0 Å². The first kappa shape index (κ1) is 19.0. The highest BCUT2D eigenvalue weighted by atomic mass is 32.1. The molecular weight excluding hydrogens is 340 g/mol. The van der Waals surface area contributed by atoms with E-state index in [4.69, 9.17) is 5.21 Å². The fourth-order valence-electron chi connectivity index (χ4n) is 2.25. The number of carbonyl (C=O) groups excluding carboxylic acids is 2. The van der Waals surface area contributed by atoms with E-state index < -0.39 is 0 Å². The predicted molar refractivity (Wildman–Crippen MR) is 96.3 cm³/mol. The van der Waals surface area contributed by atoms with Crippen LogP contribution < -0.4 is 10.8 Å². The van der Waals surface area contributed by atoms with Crippen molar-refractivity contribution >= 4 is 28.3 Å². The first-order valence-corrected chi connectivity index (χ1v) is 9.03. The lowest BCUT2D eigenvalue weighted by Gasteiger charge is -2.02. The molecule has 0 radical (unpaired) electrons. The lowest BCUT2D eigenvalue weighted by Crippen LogP contribution is -2.17. The maximum absolute atomic E-state index is 11.9. The van der Waals surface area contributed by atoms with Gasteiger partial charge in [-0.3, -0.25) is 14.8 Å². The molecule has 1 aromatic carbocycles. The molecule has 0 spiro atoms. The highest BCUT2D eigenvalue weighted by Crippen LogP contribution is 2.26. The highest BCUT2D eigenvalue weighted by Gasteiger charge is 2.09. The zero-order chi connectivity index (χ0) is 18.1. The van der Waals surface area contributed by atoms with Crippen molar-refractivity contribution in [2.24, 2.45) is 0 Å². The molecule has 25 heavy (non-hydrogen) atoms. The van der Waals surface area contributed by atoms with Gasteiger partial charge in [-0.25, -0.2) is 5.48 Å². The Bertz CT molecular complexity index is 700. The SMILES string of the molecule is Cc1ccc(-c2nnc(NC(=O)CCCCCCC(=O)NO)s2)cc1. The van der Waals surface area contributed by atoms with Crippen LogP contribution >= 0.6 is 11.3 Å². The van der Waals surface area contributed by atoms with Crippen LogP contribution in [-0.2, 0) is 9.59 Å². The van der Waals surface area contributed by atoms with Crippen LogP contribution in [0.3, 0.4) is 0 Å². The summed E-state index contributed by atoms with van der Waals surface area (Å²) in [6.07, 6.45) is 3.86. The van der Waals surface area contributed by atoms with Gasteiger partial charge in [0.1, 0.15) is 5.01 Å². The van der Waals surface area contributed by atoms with Gasteiger partial charge in [-0.2, -0.15) is 0 Å². The zero-order valence-electron chi connectivity index (χ0n) is 14.1. The van der Waals surface area contributed by atoms with Gasteiger partial charge in [0.05, 0.1) is 0 Å². The second kappa shape index (κ2) is 9.85. The number of hydrogen-bond acceptors (Lipinski definition) is 6. The van der Waals surface area contributed by atoms with Crippen LogP contribution in [0.25, 0.3) is 10.6 Å². The molecule has 0 aliphatic heterocycles. The summed E-state index contributed by atoms with van der Waals surface area (Å²) in [5.41, 5.74) is 3.76. The van der Waals surface area contributed by atoms with Gasteiger partial charge in [-0.1, -0.05) is 54.0 Å². The largest absolute Gasteiger partial charge is 0.301 e. The minimum absolute atomic E-state index is 0.0836. The summed E-state index contributed by atoms with van der Waals surface area (Å²) in [6, 6.07) is 8.00. The van der Waals surface area contributed by atoms with E-state index in [-0.39, 0.29) is 11.8 Å². The second-order valence-corrected chi connectivity index (χ2v) is 6.75. The van der Waals surface area contributed by atoms with E-state index in [0.717, 1.165) is 29.8 Å². The quantitative estimate of drug-likeness (QED) is 0.361. The van der Waals surface area contributed by atoms with Crippen LogP contribution in [-0.4, -0.2) is 27.2 Å². The van der Waals surface area contributed by atoms with Crippen LogP contribution in [0.15, 0.2) is 24.3 Å². The first-order valence-electron chi connectivity index (χ1n) is 8.22. The van der Waals surface area contributed by atoms with Gasteiger partial charge in [0, 0.05) is 18.4 Å². The van der Waals surface area contributed by atoms with Gasteiger partial charge in [0.2, 0.25) is 16.9 Å². The lowest BCUT2D eigenvalue weighted by molar-refractivity contribution is -0.129. The van der Waals surface area contributed by atoms with E-state index in [1.165, 1.54) is 16.9 Å². The maximum Gasteiger partial charge on any atom is 0.243 e. The van der Waals surface area contributed by atoms with Crippen molar-refractivity contribution in [1.82, 2.24) is 15.7 Å². The summed E-state index contributed by atoms with van der Waals surface area (Å²) in [4.78, 5) is 22.8. The molecular formula is C17H22N4O3S. The van der Waals surface area contributed by atoms with Crippen molar-refractivity contribution in [3.05, 3.63) is 29.8 Å². The number of hydroxylamine groups is 1. The Morgan fingerprint density at radius 3 is 2.28 bits per heavy atom. The third kappa shape index (κ3) is 6.60. The summed E-state index contributed by atoms with van der Waals surface area (Å²) in [7, 11) is 0. The van der Waals surface area contributed by atoms with Gasteiger partial charge in [0.15, 0.2) is 0 Å². The molecule has 0 aliphatic carbocycles. The molecule has 2 rings (SSSR count). The number of benzene rings is 1. The summed E-state index contributed by atoms with van der Waals surface area (Å²) in [5.74, 6) is -0.460. The Labute approximate surface area is 150 Å². The molecule has 134 valence electrons. The second-order valence-electron chi connectivity index (χ2n) is 5.78. The average Bonchev–Trinajstić information content (AvgIpc) is 3.06. The maximum atomic E-state index is 11.9. The van der Waals surface area contributed by atoms with E-state index >= 15 is 0 Å². The number of aromatic nitrogens is 2. The summed E-state index contributed by atoms with van der Waals surface area (Å²) in [6.45, 7) is 2.02. The molecule has 2 amide bonds. The third-order valence-electron chi connectivity index (χ3n) is 3.65. The van der Waals surface area contributed by atoms with Gasteiger partial charge < -0.3 is 5.32 Å². The predicted octanol–water partition coefficient (Wildman–Crippen LogP) is 3.30. The molecule has 0 fully saturated rings. The molecule has 8 heteroatoms. The fraction of sp³-hybridized carbons (Fsp3) is 0.412. The highest BCUT2D eigenvalue weighted by molar-refractivity contribution is 7.18. The molecule has 0 atom stereocenters. The molecule has 3 N–H and O–H groups in total. The monoisotopic (exact) mass is 362 g/mol. The standard InChI is InChI=1S/C17H22N4O3S/c1-12-8-10-13(11-9-12)16-19-20-17(25-16)18-14(22)6-4-2-3-5-7-15(23)21-24/h8-11,24H,2-7H2,1H3,(H,21,23)(H,18,20,22). The molecule has 7 nitrogen and oxygen atoms in total. The number of carbonyl (C=O) groups is 2. The van der Waals surface area contributed by atoms with E-state index in [0.29, 0.717) is 24.4 Å². The van der Waals surface area contributed by atoms with E-state index in [1.54, 1.807) is 5.48 Å². The minimum atomic E-state index is -0.376. The Hall–Kier alpha value is -2.32. The van der Waals surface area contributed by atoms with Crippen LogP contribution in [0.2, 0.25) is 0 Å².